The molecule has 6 heteroatoms. The maximum Gasteiger partial charge on any atom is 0.326 e. The van der Waals surface area contributed by atoms with Crippen LogP contribution < -0.4 is 5.32 Å². The van der Waals surface area contributed by atoms with E-state index in [1.54, 1.807) is 0 Å². The number of rotatable bonds is 3. The summed E-state index contributed by atoms with van der Waals surface area (Å²) in [6.45, 7) is 4.25. The fourth-order valence-electron chi connectivity index (χ4n) is 1.72. The summed E-state index contributed by atoms with van der Waals surface area (Å²) in [5, 5.41) is 20.9. The van der Waals surface area contributed by atoms with Crippen molar-refractivity contribution in [3.63, 3.8) is 0 Å². The Hall–Kier alpha value is -1.56. The molecule has 0 saturated carbocycles. The molecular weight excluding hydrogens is 224 g/mol. The van der Waals surface area contributed by atoms with Crippen LogP contribution in [-0.2, 0) is 4.79 Å². The van der Waals surface area contributed by atoms with Crippen LogP contribution in [0.1, 0.15) is 20.3 Å². The van der Waals surface area contributed by atoms with Gasteiger partial charge in [0, 0.05) is 19.5 Å². The van der Waals surface area contributed by atoms with E-state index >= 15 is 0 Å². The fourth-order valence-corrected chi connectivity index (χ4v) is 1.72. The standard InChI is InChI=1S/C11H18N2O4/c1-7(2)3-4-12-11(17)13-6-8(14)5-9(13)10(15)16/h3,8-9,14H,4-6H2,1-2H3,(H,12,17)(H,15,16)/t8-,9-/m0/s1. The molecule has 1 rings (SSSR count). The van der Waals surface area contributed by atoms with Gasteiger partial charge in [-0.2, -0.15) is 0 Å². The maximum absolute atomic E-state index is 11.7. The van der Waals surface area contributed by atoms with Gasteiger partial charge < -0.3 is 20.4 Å². The zero-order valence-electron chi connectivity index (χ0n) is 10.0. The lowest BCUT2D eigenvalue weighted by atomic mass is 10.2. The molecule has 0 aliphatic carbocycles. The highest BCUT2D eigenvalue weighted by atomic mass is 16.4. The molecule has 0 aromatic carbocycles. The Bertz CT molecular complexity index is 336. The van der Waals surface area contributed by atoms with Gasteiger partial charge in [-0.05, 0) is 13.8 Å². The van der Waals surface area contributed by atoms with Crippen molar-refractivity contribution in [2.24, 2.45) is 0 Å². The van der Waals surface area contributed by atoms with Crippen molar-refractivity contribution in [3.8, 4) is 0 Å². The van der Waals surface area contributed by atoms with E-state index in [0.29, 0.717) is 6.54 Å². The summed E-state index contributed by atoms with van der Waals surface area (Å²) in [4.78, 5) is 23.8. The van der Waals surface area contributed by atoms with Gasteiger partial charge in [0.25, 0.3) is 0 Å². The molecule has 3 N–H and O–H groups in total. The van der Waals surface area contributed by atoms with E-state index in [2.05, 4.69) is 5.32 Å². The number of urea groups is 1. The first kappa shape index (κ1) is 13.5. The average molecular weight is 242 g/mol. The van der Waals surface area contributed by atoms with Gasteiger partial charge in [0.15, 0.2) is 0 Å². The minimum absolute atomic E-state index is 0.0671. The normalized spacial score (nSPS) is 23.4. The Balaban J connectivity index is 2.55. The van der Waals surface area contributed by atoms with Crippen LogP contribution in [-0.4, -0.2) is 52.3 Å². The second-order valence-electron chi connectivity index (χ2n) is 4.36. The highest BCUT2D eigenvalue weighted by Gasteiger charge is 2.38. The topological polar surface area (TPSA) is 89.9 Å². The first-order valence-corrected chi connectivity index (χ1v) is 5.50. The number of likely N-dealkylation sites (tertiary alicyclic amines) is 1. The van der Waals surface area contributed by atoms with Gasteiger partial charge in [-0.1, -0.05) is 11.6 Å². The van der Waals surface area contributed by atoms with Gasteiger partial charge in [0.05, 0.1) is 6.10 Å². The minimum Gasteiger partial charge on any atom is -0.480 e. The summed E-state index contributed by atoms with van der Waals surface area (Å²) in [5.74, 6) is -1.08. The summed E-state index contributed by atoms with van der Waals surface area (Å²) in [6.07, 6.45) is 1.16. The zero-order chi connectivity index (χ0) is 13.0. The number of hydrogen-bond acceptors (Lipinski definition) is 3. The quantitative estimate of drug-likeness (QED) is 0.616. The maximum atomic E-state index is 11.7. The number of carboxylic acids is 1. The predicted molar refractivity (Wildman–Crippen MR) is 61.6 cm³/mol. The van der Waals surface area contributed by atoms with Crippen LogP contribution >= 0.6 is 0 Å². The average Bonchev–Trinajstić information content (AvgIpc) is 2.59. The number of carbonyl (C=O) groups is 2. The van der Waals surface area contributed by atoms with Gasteiger partial charge >= 0.3 is 12.0 Å². The van der Waals surface area contributed by atoms with Crippen LogP contribution in [0.4, 0.5) is 4.79 Å². The van der Waals surface area contributed by atoms with Crippen molar-refractivity contribution >= 4 is 12.0 Å². The van der Waals surface area contributed by atoms with Crippen LogP contribution in [0.2, 0.25) is 0 Å². The summed E-state index contributed by atoms with van der Waals surface area (Å²) in [7, 11) is 0. The summed E-state index contributed by atoms with van der Waals surface area (Å²) < 4.78 is 0. The molecule has 0 aromatic rings. The number of aliphatic carboxylic acids is 1. The molecule has 96 valence electrons. The minimum atomic E-state index is -1.08. The largest absolute Gasteiger partial charge is 0.480 e. The number of hydrogen-bond donors (Lipinski definition) is 3. The van der Waals surface area contributed by atoms with Gasteiger partial charge in [-0.15, -0.1) is 0 Å². The third-order valence-corrected chi connectivity index (χ3v) is 2.59. The van der Waals surface area contributed by atoms with Crippen molar-refractivity contribution in [1.82, 2.24) is 10.2 Å². The summed E-state index contributed by atoms with van der Waals surface area (Å²) >= 11 is 0. The number of aliphatic hydroxyl groups excluding tert-OH is 1. The van der Waals surface area contributed by atoms with E-state index < -0.39 is 24.1 Å². The number of carboxylic acid groups (broad SMARTS) is 1. The van der Waals surface area contributed by atoms with Crippen LogP contribution in [0.3, 0.4) is 0 Å². The van der Waals surface area contributed by atoms with E-state index in [9.17, 15) is 14.7 Å². The zero-order valence-corrected chi connectivity index (χ0v) is 10.0. The van der Waals surface area contributed by atoms with E-state index in [0.717, 1.165) is 10.5 Å². The molecule has 0 aromatic heterocycles. The Morgan fingerprint density at radius 1 is 1.47 bits per heavy atom. The molecule has 1 aliphatic heterocycles. The molecule has 17 heavy (non-hydrogen) atoms. The fraction of sp³-hybridized carbons (Fsp3) is 0.636. The SMILES string of the molecule is CC(C)=CCNC(=O)N1C[C@@H](O)C[C@H]1C(=O)O. The lowest BCUT2D eigenvalue weighted by molar-refractivity contribution is -0.141. The number of nitrogens with zero attached hydrogens (tertiary/aromatic N) is 1. The lowest BCUT2D eigenvalue weighted by Gasteiger charge is -2.21. The Kier molecular flexibility index (Phi) is 4.51. The Labute approximate surface area is 99.9 Å². The van der Waals surface area contributed by atoms with Gasteiger partial charge in [0.2, 0.25) is 0 Å². The molecule has 0 unspecified atom stereocenters. The van der Waals surface area contributed by atoms with Crippen LogP contribution in [0, 0.1) is 0 Å². The van der Waals surface area contributed by atoms with Crippen molar-refractivity contribution in [2.45, 2.75) is 32.4 Å². The molecule has 1 heterocycles. The third-order valence-electron chi connectivity index (χ3n) is 2.59. The van der Waals surface area contributed by atoms with Crippen molar-refractivity contribution in [1.29, 1.82) is 0 Å². The first-order chi connectivity index (χ1) is 7.91. The number of allylic oxidation sites excluding steroid dienone is 1. The molecular formula is C11H18N2O4. The molecule has 6 nitrogen and oxygen atoms in total. The number of β-amino-alcohol motifs (C(OH)–C–C–N with tert-alkyl or cyclic N) is 1. The lowest BCUT2D eigenvalue weighted by Crippen LogP contribution is -2.46. The third kappa shape index (κ3) is 3.74. The van der Waals surface area contributed by atoms with Crippen LogP contribution in [0.15, 0.2) is 11.6 Å². The van der Waals surface area contributed by atoms with E-state index in [1.165, 1.54) is 0 Å². The monoisotopic (exact) mass is 242 g/mol. The van der Waals surface area contributed by atoms with Crippen molar-refractivity contribution in [3.05, 3.63) is 11.6 Å². The Morgan fingerprint density at radius 2 is 2.12 bits per heavy atom. The van der Waals surface area contributed by atoms with Crippen molar-refractivity contribution < 1.29 is 19.8 Å². The molecule has 2 amide bonds. The van der Waals surface area contributed by atoms with Gasteiger partial charge in [-0.3, -0.25) is 0 Å². The van der Waals surface area contributed by atoms with Gasteiger partial charge in [-0.25, -0.2) is 9.59 Å². The van der Waals surface area contributed by atoms with Crippen LogP contribution in [0.5, 0.6) is 0 Å². The number of nitrogens with one attached hydrogen (secondary N) is 1. The molecule has 1 aliphatic rings. The number of carbonyl (C=O) groups excluding carboxylic acids is 1. The number of aliphatic hydroxyl groups is 1. The highest BCUT2D eigenvalue weighted by molar-refractivity contribution is 5.83. The number of amides is 2. The first-order valence-electron chi connectivity index (χ1n) is 5.50. The summed E-state index contributed by atoms with van der Waals surface area (Å²) in [5.41, 5.74) is 1.07. The Morgan fingerprint density at radius 3 is 2.65 bits per heavy atom. The second kappa shape index (κ2) is 5.67. The van der Waals surface area contributed by atoms with E-state index in [-0.39, 0.29) is 13.0 Å². The molecule has 2 atom stereocenters. The smallest absolute Gasteiger partial charge is 0.326 e. The molecule has 0 bridgehead atoms. The van der Waals surface area contributed by atoms with E-state index in [1.807, 2.05) is 19.9 Å². The predicted octanol–water partition coefficient (Wildman–Crippen LogP) is 0.182. The summed E-state index contributed by atoms with van der Waals surface area (Å²) in [6, 6.07) is -1.39. The highest BCUT2D eigenvalue weighted by Crippen LogP contribution is 2.17. The van der Waals surface area contributed by atoms with Crippen LogP contribution in [0.25, 0.3) is 0 Å². The van der Waals surface area contributed by atoms with Crippen molar-refractivity contribution in [2.75, 3.05) is 13.1 Å². The second-order valence-corrected chi connectivity index (χ2v) is 4.36. The molecule has 1 fully saturated rings. The van der Waals surface area contributed by atoms with E-state index in [4.69, 9.17) is 5.11 Å². The molecule has 0 spiro atoms. The van der Waals surface area contributed by atoms with Gasteiger partial charge in [0.1, 0.15) is 6.04 Å². The molecule has 0 radical (unpaired) electrons. The molecule has 1 saturated heterocycles.